The van der Waals surface area contributed by atoms with E-state index in [-0.39, 0.29) is 6.16 Å². The Kier molecular flexibility index (Phi) is 3.18. The Hall–Kier alpha value is -1.44. The van der Waals surface area contributed by atoms with Gasteiger partial charge in [0.15, 0.2) is 0 Å². The summed E-state index contributed by atoms with van der Waals surface area (Å²) in [7, 11) is -0.536. The molecular weight excluding hydrogens is 223 g/mol. The predicted molar refractivity (Wildman–Crippen MR) is 64.0 cm³/mol. The van der Waals surface area contributed by atoms with E-state index < -0.39 is 8.03 Å². The minimum Gasteiger partial charge on any atom is -0.496 e. The molecule has 0 amide bonds. The number of methoxy groups -OCH3 is 1. The molecule has 16 heavy (non-hydrogen) atoms. The molecule has 0 aliphatic heterocycles. The van der Waals surface area contributed by atoms with E-state index in [2.05, 4.69) is 0 Å². The number of rotatable bonds is 3. The van der Waals surface area contributed by atoms with Crippen LogP contribution in [0.2, 0.25) is 0 Å². The summed E-state index contributed by atoms with van der Waals surface area (Å²) in [5, 5.41) is 1.94. The first kappa shape index (κ1) is 11.1. The fourth-order valence-corrected chi connectivity index (χ4v) is 2.38. The molecule has 0 bridgehead atoms. The Balaban J connectivity index is 2.64. The van der Waals surface area contributed by atoms with Gasteiger partial charge in [0, 0.05) is 10.9 Å². The van der Waals surface area contributed by atoms with Crippen LogP contribution in [0.4, 0.5) is 0 Å². The molecular formula is C12H12O3P+. The summed E-state index contributed by atoms with van der Waals surface area (Å²) in [4.78, 5) is 8.97. The average molecular weight is 235 g/mol. The predicted octanol–water partition coefficient (Wildman–Crippen LogP) is 3.08. The van der Waals surface area contributed by atoms with Crippen LogP contribution in [0.1, 0.15) is 5.56 Å². The van der Waals surface area contributed by atoms with Crippen LogP contribution in [-0.2, 0) is 10.7 Å². The van der Waals surface area contributed by atoms with Crippen molar-refractivity contribution < 1.29 is 14.2 Å². The third-order valence-corrected chi connectivity index (χ3v) is 3.11. The standard InChI is InChI=1S/C12H11O3P/c1-15-12-7-3-5-10-9(8-16(13)14)4-2-6-11(10)12/h2-7H,8H2,1H3/p+1. The summed E-state index contributed by atoms with van der Waals surface area (Å²) >= 11 is 0. The number of benzene rings is 2. The van der Waals surface area contributed by atoms with Crippen molar-refractivity contribution >= 4 is 18.8 Å². The molecule has 0 spiro atoms. The summed E-state index contributed by atoms with van der Waals surface area (Å²) in [5.74, 6) is 0.785. The Bertz CT molecular complexity index is 537. The summed E-state index contributed by atoms with van der Waals surface area (Å²) in [6.07, 6.45) is 0.180. The van der Waals surface area contributed by atoms with E-state index in [1.165, 1.54) is 0 Å². The Morgan fingerprint density at radius 3 is 2.56 bits per heavy atom. The zero-order valence-corrected chi connectivity index (χ0v) is 9.78. The van der Waals surface area contributed by atoms with Crippen LogP contribution in [0.3, 0.4) is 0 Å². The number of ether oxygens (including phenoxy) is 1. The van der Waals surface area contributed by atoms with Crippen molar-refractivity contribution in [1.82, 2.24) is 0 Å². The molecule has 1 unspecified atom stereocenters. The Morgan fingerprint density at radius 2 is 1.88 bits per heavy atom. The van der Waals surface area contributed by atoms with Crippen LogP contribution in [0, 0.1) is 0 Å². The van der Waals surface area contributed by atoms with Gasteiger partial charge < -0.3 is 4.74 Å². The molecule has 3 nitrogen and oxygen atoms in total. The fraction of sp³-hybridized carbons (Fsp3) is 0.167. The maximum atomic E-state index is 10.9. The summed E-state index contributed by atoms with van der Waals surface area (Å²) in [6, 6.07) is 11.4. The average Bonchev–Trinajstić information content (AvgIpc) is 2.28. The zero-order valence-electron chi connectivity index (χ0n) is 8.88. The van der Waals surface area contributed by atoms with Crippen LogP contribution in [0.5, 0.6) is 5.75 Å². The maximum absolute atomic E-state index is 10.9. The third kappa shape index (κ3) is 2.06. The van der Waals surface area contributed by atoms with E-state index in [1.807, 2.05) is 36.4 Å². The van der Waals surface area contributed by atoms with Crippen molar-refractivity contribution in [2.75, 3.05) is 7.11 Å². The van der Waals surface area contributed by atoms with Crippen molar-refractivity contribution in [1.29, 1.82) is 0 Å². The van der Waals surface area contributed by atoms with Crippen LogP contribution in [0.25, 0.3) is 10.8 Å². The van der Waals surface area contributed by atoms with Crippen LogP contribution >= 0.6 is 8.03 Å². The summed E-state index contributed by atoms with van der Waals surface area (Å²) in [5.41, 5.74) is 0.875. The molecule has 0 heterocycles. The Morgan fingerprint density at radius 1 is 1.19 bits per heavy atom. The normalized spacial score (nSPS) is 11.5. The molecule has 0 fully saturated rings. The SMILES string of the molecule is COc1cccc2c(C[P+](=O)O)cccc12. The van der Waals surface area contributed by atoms with E-state index >= 15 is 0 Å². The maximum Gasteiger partial charge on any atom is 0.510 e. The quantitative estimate of drug-likeness (QED) is 0.831. The topological polar surface area (TPSA) is 46.5 Å². The number of fused-ring (bicyclic) bond motifs is 1. The van der Waals surface area contributed by atoms with Crippen LogP contribution in [0.15, 0.2) is 36.4 Å². The highest BCUT2D eigenvalue weighted by molar-refractivity contribution is 7.37. The van der Waals surface area contributed by atoms with Gasteiger partial charge >= 0.3 is 8.03 Å². The molecule has 2 aromatic carbocycles. The molecule has 1 atom stereocenters. The lowest BCUT2D eigenvalue weighted by Gasteiger charge is -2.06. The van der Waals surface area contributed by atoms with E-state index in [0.29, 0.717) is 0 Å². The van der Waals surface area contributed by atoms with Gasteiger partial charge in [-0.2, -0.15) is 4.89 Å². The molecule has 2 aromatic rings. The molecule has 2 rings (SSSR count). The minimum absolute atomic E-state index is 0.180. The molecule has 0 aliphatic carbocycles. The van der Waals surface area contributed by atoms with Crippen LogP contribution in [-0.4, -0.2) is 12.0 Å². The minimum atomic E-state index is -2.15. The summed E-state index contributed by atoms with van der Waals surface area (Å²) in [6.45, 7) is 0. The fourth-order valence-electron chi connectivity index (χ4n) is 1.81. The lowest BCUT2D eigenvalue weighted by Crippen LogP contribution is -1.88. The molecule has 1 N–H and O–H groups in total. The van der Waals surface area contributed by atoms with Gasteiger partial charge in [0.1, 0.15) is 5.75 Å². The van der Waals surface area contributed by atoms with Crippen molar-refractivity contribution in [3.05, 3.63) is 42.0 Å². The van der Waals surface area contributed by atoms with Crippen molar-refractivity contribution in [3.63, 3.8) is 0 Å². The number of hydrogen-bond acceptors (Lipinski definition) is 2. The van der Waals surface area contributed by atoms with Gasteiger partial charge in [0.05, 0.1) is 7.11 Å². The second kappa shape index (κ2) is 4.60. The van der Waals surface area contributed by atoms with Gasteiger partial charge in [-0.1, -0.05) is 30.3 Å². The number of hydrogen-bond donors (Lipinski definition) is 1. The lowest BCUT2D eigenvalue weighted by molar-refractivity contribution is 0.420. The first-order chi connectivity index (χ1) is 7.72. The monoisotopic (exact) mass is 235 g/mol. The van der Waals surface area contributed by atoms with E-state index in [1.54, 1.807) is 7.11 Å². The molecule has 0 saturated heterocycles. The molecule has 0 radical (unpaired) electrons. The zero-order chi connectivity index (χ0) is 11.5. The second-order valence-electron chi connectivity index (χ2n) is 3.48. The Labute approximate surface area is 94.5 Å². The van der Waals surface area contributed by atoms with Gasteiger partial charge in [0.25, 0.3) is 0 Å². The van der Waals surface area contributed by atoms with Gasteiger partial charge in [-0.15, -0.1) is 0 Å². The molecule has 0 aliphatic rings. The highest BCUT2D eigenvalue weighted by Gasteiger charge is 2.14. The van der Waals surface area contributed by atoms with Gasteiger partial charge in [0.2, 0.25) is 6.16 Å². The second-order valence-corrected chi connectivity index (χ2v) is 4.50. The van der Waals surface area contributed by atoms with Gasteiger partial charge in [-0.25, -0.2) is 0 Å². The van der Waals surface area contributed by atoms with Crippen molar-refractivity contribution in [2.24, 2.45) is 0 Å². The van der Waals surface area contributed by atoms with Gasteiger partial charge in [-0.05, 0) is 16.0 Å². The van der Waals surface area contributed by atoms with E-state index in [4.69, 9.17) is 9.63 Å². The largest absolute Gasteiger partial charge is 0.510 e. The van der Waals surface area contributed by atoms with Gasteiger partial charge in [-0.3, -0.25) is 0 Å². The van der Waals surface area contributed by atoms with Crippen LogP contribution < -0.4 is 4.74 Å². The lowest BCUT2D eigenvalue weighted by atomic mass is 10.1. The highest BCUT2D eigenvalue weighted by atomic mass is 31.1. The van der Waals surface area contributed by atoms with E-state index in [9.17, 15) is 4.57 Å². The molecule has 4 heteroatoms. The molecule has 0 saturated carbocycles. The third-order valence-electron chi connectivity index (χ3n) is 2.50. The smallest absolute Gasteiger partial charge is 0.496 e. The molecule has 0 aromatic heterocycles. The van der Waals surface area contributed by atoms with E-state index in [0.717, 1.165) is 22.1 Å². The summed E-state index contributed by atoms with van der Waals surface area (Å²) < 4.78 is 16.1. The van der Waals surface area contributed by atoms with Crippen molar-refractivity contribution in [3.8, 4) is 5.75 Å². The highest BCUT2D eigenvalue weighted by Crippen LogP contribution is 2.31. The first-order valence-electron chi connectivity index (χ1n) is 4.90. The molecule has 82 valence electrons. The van der Waals surface area contributed by atoms with Crippen molar-refractivity contribution in [2.45, 2.75) is 6.16 Å². The first-order valence-corrected chi connectivity index (χ1v) is 6.30.